The zero-order chi connectivity index (χ0) is 18.4. The van der Waals surface area contributed by atoms with Crippen LogP contribution in [0.2, 0.25) is 0 Å². The van der Waals surface area contributed by atoms with Gasteiger partial charge in [-0.1, -0.05) is 18.2 Å². The van der Waals surface area contributed by atoms with Crippen LogP contribution in [0.4, 0.5) is 5.13 Å². The molecule has 4 aromatic rings. The summed E-state index contributed by atoms with van der Waals surface area (Å²) in [6, 6.07) is 10.3. The predicted molar refractivity (Wildman–Crippen MR) is 111 cm³/mol. The third-order valence-electron chi connectivity index (χ3n) is 4.97. The number of nitrogens with zero attached hydrogens (tertiary/aromatic N) is 3. The largest absolute Gasteiger partial charge is 0.342 e. The molecule has 1 aromatic carbocycles. The summed E-state index contributed by atoms with van der Waals surface area (Å²) in [5, 5.41) is 7.44. The number of nitrogens with one attached hydrogen (secondary N) is 1. The van der Waals surface area contributed by atoms with E-state index >= 15 is 0 Å². The minimum atomic E-state index is -0.192. The highest BCUT2D eigenvalue weighted by molar-refractivity contribution is 7.16. The van der Waals surface area contributed by atoms with Crippen LogP contribution in [0, 0.1) is 0 Å². The Balaban J connectivity index is 1.40. The quantitative estimate of drug-likeness (QED) is 0.538. The van der Waals surface area contributed by atoms with E-state index in [0.29, 0.717) is 10.8 Å². The van der Waals surface area contributed by atoms with E-state index in [-0.39, 0.29) is 5.91 Å². The van der Waals surface area contributed by atoms with Crippen molar-refractivity contribution < 1.29 is 4.79 Å². The molecule has 0 atom stereocenters. The van der Waals surface area contributed by atoms with Crippen molar-refractivity contribution in [3.63, 3.8) is 0 Å². The molecule has 0 spiro atoms. The Morgan fingerprint density at radius 3 is 2.89 bits per heavy atom. The Morgan fingerprint density at radius 2 is 2.04 bits per heavy atom. The Morgan fingerprint density at radius 1 is 1.19 bits per heavy atom. The van der Waals surface area contributed by atoms with Crippen LogP contribution < -0.4 is 5.32 Å². The summed E-state index contributed by atoms with van der Waals surface area (Å²) in [6.45, 7) is 0. The topological polar surface area (TPSA) is 59.8 Å². The second-order valence-corrected chi connectivity index (χ2v) is 8.68. The number of thiazole rings is 2. The predicted octanol–water partition coefficient (Wildman–Crippen LogP) is 4.89. The summed E-state index contributed by atoms with van der Waals surface area (Å²) in [5.74, 6) is -0.192. The van der Waals surface area contributed by atoms with Crippen molar-refractivity contribution in [2.24, 2.45) is 7.05 Å². The van der Waals surface area contributed by atoms with Crippen molar-refractivity contribution in [3.8, 4) is 10.7 Å². The Labute approximate surface area is 164 Å². The lowest BCUT2D eigenvalue weighted by Gasteiger charge is -2.06. The first-order valence-corrected chi connectivity index (χ1v) is 10.7. The first-order valence-electron chi connectivity index (χ1n) is 8.99. The van der Waals surface area contributed by atoms with E-state index in [4.69, 9.17) is 0 Å². The van der Waals surface area contributed by atoms with Gasteiger partial charge in [-0.2, -0.15) is 0 Å². The minimum absolute atomic E-state index is 0.192. The second kappa shape index (κ2) is 6.58. The number of aryl methyl sites for hydroxylation is 3. The zero-order valence-corrected chi connectivity index (χ0v) is 16.5. The summed E-state index contributed by atoms with van der Waals surface area (Å²) in [7, 11) is 2.03. The molecule has 1 aliphatic rings. The van der Waals surface area contributed by atoms with E-state index in [2.05, 4.69) is 38.1 Å². The second-order valence-electron chi connectivity index (χ2n) is 6.74. The van der Waals surface area contributed by atoms with Crippen molar-refractivity contribution in [1.29, 1.82) is 0 Å². The number of carbonyl (C=O) groups is 1. The zero-order valence-electron chi connectivity index (χ0n) is 14.9. The lowest BCUT2D eigenvalue weighted by Crippen LogP contribution is -2.12. The highest BCUT2D eigenvalue weighted by Crippen LogP contribution is 2.31. The van der Waals surface area contributed by atoms with Crippen LogP contribution in [0.25, 0.3) is 21.6 Å². The van der Waals surface area contributed by atoms with E-state index in [0.717, 1.165) is 34.8 Å². The van der Waals surface area contributed by atoms with Gasteiger partial charge in [-0.05, 0) is 37.8 Å². The lowest BCUT2D eigenvalue weighted by atomic mass is 10.0. The van der Waals surface area contributed by atoms with E-state index in [1.54, 1.807) is 11.3 Å². The molecule has 0 radical (unpaired) electrons. The van der Waals surface area contributed by atoms with E-state index in [1.165, 1.54) is 34.4 Å². The van der Waals surface area contributed by atoms with Gasteiger partial charge in [0.05, 0.1) is 11.4 Å². The van der Waals surface area contributed by atoms with Crippen molar-refractivity contribution in [1.82, 2.24) is 14.5 Å². The number of rotatable bonds is 3. The molecule has 0 aliphatic heterocycles. The average Bonchev–Trinajstić information content (AvgIpc) is 3.38. The molecule has 1 N–H and O–H groups in total. The summed E-state index contributed by atoms with van der Waals surface area (Å²) in [5.41, 5.74) is 3.76. The fourth-order valence-electron chi connectivity index (χ4n) is 3.56. The van der Waals surface area contributed by atoms with Gasteiger partial charge in [0, 0.05) is 28.2 Å². The number of hydrogen-bond donors (Lipinski definition) is 1. The van der Waals surface area contributed by atoms with Gasteiger partial charge < -0.3 is 4.57 Å². The van der Waals surface area contributed by atoms with Gasteiger partial charge in [-0.15, -0.1) is 22.7 Å². The molecule has 3 heterocycles. The molecule has 1 amide bonds. The van der Waals surface area contributed by atoms with Gasteiger partial charge in [0.15, 0.2) is 5.13 Å². The molecule has 0 unspecified atom stereocenters. The number of para-hydroxylation sites is 1. The number of carbonyl (C=O) groups excluding carboxylic acids is 1. The van der Waals surface area contributed by atoms with Crippen LogP contribution >= 0.6 is 22.7 Å². The van der Waals surface area contributed by atoms with Gasteiger partial charge in [0.1, 0.15) is 10.7 Å². The van der Waals surface area contributed by atoms with Crippen LogP contribution in [-0.4, -0.2) is 20.4 Å². The van der Waals surface area contributed by atoms with Crippen LogP contribution in [0.1, 0.15) is 33.9 Å². The van der Waals surface area contributed by atoms with Gasteiger partial charge in [-0.3, -0.25) is 10.1 Å². The maximum absolute atomic E-state index is 12.6. The first-order chi connectivity index (χ1) is 13.2. The summed E-state index contributed by atoms with van der Waals surface area (Å²) >= 11 is 3.08. The number of benzene rings is 1. The maximum atomic E-state index is 12.6. The summed E-state index contributed by atoms with van der Waals surface area (Å²) in [4.78, 5) is 23.1. The SMILES string of the molecule is Cn1c(-c2nc(C(=O)Nc3nc4c(s3)CCCC4)cs2)cc2ccccc21. The van der Waals surface area contributed by atoms with Gasteiger partial charge in [0.25, 0.3) is 5.91 Å². The fraction of sp³-hybridized carbons (Fsp3) is 0.250. The van der Waals surface area contributed by atoms with Crippen molar-refractivity contribution >= 4 is 44.6 Å². The highest BCUT2D eigenvalue weighted by atomic mass is 32.1. The lowest BCUT2D eigenvalue weighted by molar-refractivity contribution is 0.102. The van der Waals surface area contributed by atoms with E-state index < -0.39 is 0 Å². The van der Waals surface area contributed by atoms with Crippen LogP contribution in [0.15, 0.2) is 35.7 Å². The van der Waals surface area contributed by atoms with Gasteiger partial charge in [-0.25, -0.2) is 9.97 Å². The maximum Gasteiger partial charge on any atom is 0.276 e. The van der Waals surface area contributed by atoms with Crippen molar-refractivity contribution in [2.75, 3.05) is 5.32 Å². The molecule has 1 aliphatic carbocycles. The first kappa shape index (κ1) is 16.6. The molecular weight excluding hydrogens is 376 g/mol. The molecule has 136 valence electrons. The standard InChI is InChI=1S/C20H18N4OS2/c1-24-15-8-4-2-6-12(15)10-16(24)19-21-14(11-26-19)18(25)23-20-22-13-7-3-5-9-17(13)27-20/h2,4,6,8,10-11H,3,5,7,9H2,1H3,(H,22,23,25). The summed E-state index contributed by atoms with van der Waals surface area (Å²) < 4.78 is 2.12. The number of fused-ring (bicyclic) bond motifs is 2. The minimum Gasteiger partial charge on any atom is -0.342 e. The van der Waals surface area contributed by atoms with Gasteiger partial charge >= 0.3 is 0 Å². The van der Waals surface area contributed by atoms with E-state index in [1.807, 2.05) is 24.6 Å². The van der Waals surface area contributed by atoms with Crippen molar-refractivity contribution in [3.05, 3.63) is 52.0 Å². The third-order valence-corrected chi connectivity index (χ3v) is 6.91. The van der Waals surface area contributed by atoms with E-state index in [9.17, 15) is 4.79 Å². The molecule has 0 saturated heterocycles. The molecule has 3 aromatic heterocycles. The van der Waals surface area contributed by atoms with Crippen molar-refractivity contribution in [2.45, 2.75) is 25.7 Å². The summed E-state index contributed by atoms with van der Waals surface area (Å²) in [6.07, 6.45) is 4.49. The number of aromatic nitrogens is 3. The molecule has 0 saturated carbocycles. The number of hydrogen-bond acceptors (Lipinski definition) is 5. The van der Waals surface area contributed by atoms with Crippen LogP contribution in [0.5, 0.6) is 0 Å². The monoisotopic (exact) mass is 394 g/mol. The molecule has 5 nitrogen and oxygen atoms in total. The Hall–Kier alpha value is -2.51. The number of amides is 1. The Kier molecular flexibility index (Phi) is 4.06. The molecule has 27 heavy (non-hydrogen) atoms. The fourth-order valence-corrected chi connectivity index (χ4v) is 5.45. The normalized spacial score (nSPS) is 13.7. The molecule has 7 heteroatoms. The average molecular weight is 395 g/mol. The molecule has 0 fully saturated rings. The highest BCUT2D eigenvalue weighted by Gasteiger charge is 2.19. The smallest absolute Gasteiger partial charge is 0.276 e. The molecule has 5 rings (SSSR count). The molecular formula is C20H18N4OS2. The molecule has 0 bridgehead atoms. The third kappa shape index (κ3) is 2.96. The van der Waals surface area contributed by atoms with Crippen LogP contribution in [0.3, 0.4) is 0 Å². The van der Waals surface area contributed by atoms with Crippen LogP contribution in [-0.2, 0) is 19.9 Å². The van der Waals surface area contributed by atoms with Gasteiger partial charge in [0.2, 0.25) is 0 Å². The number of anilines is 1. The Bertz CT molecular complexity index is 1130.